The van der Waals surface area contributed by atoms with Crippen LogP contribution in [0, 0.1) is 13.8 Å². The van der Waals surface area contributed by atoms with Crippen molar-refractivity contribution in [3.8, 4) is 0 Å². The molecule has 0 unspecified atom stereocenters. The molecule has 0 aromatic heterocycles. The first-order valence-corrected chi connectivity index (χ1v) is 8.60. The molecule has 0 fully saturated rings. The van der Waals surface area contributed by atoms with E-state index in [2.05, 4.69) is 5.32 Å². The van der Waals surface area contributed by atoms with Crippen LogP contribution in [0.25, 0.3) is 10.8 Å². The Labute approximate surface area is 153 Å². The zero-order valence-corrected chi connectivity index (χ0v) is 15.0. The van der Waals surface area contributed by atoms with E-state index in [1.807, 2.05) is 68.4 Å². The summed E-state index contributed by atoms with van der Waals surface area (Å²) in [5.41, 5.74) is 9.26. The van der Waals surface area contributed by atoms with Crippen LogP contribution in [0.3, 0.4) is 0 Å². The Hall–Kier alpha value is -3.14. The van der Waals surface area contributed by atoms with Crippen LogP contribution in [-0.4, -0.2) is 17.9 Å². The van der Waals surface area contributed by atoms with Crippen LogP contribution < -0.4 is 11.1 Å². The number of hydrogen-bond acceptors (Lipinski definition) is 2. The van der Waals surface area contributed by atoms with Crippen molar-refractivity contribution in [1.29, 1.82) is 0 Å². The maximum atomic E-state index is 12.6. The molecule has 2 amide bonds. The number of carbonyl (C=O) groups is 2. The molecule has 0 bridgehead atoms. The average molecular weight is 346 g/mol. The maximum Gasteiger partial charge on any atom is 0.251 e. The van der Waals surface area contributed by atoms with Crippen LogP contribution in [0.15, 0.2) is 60.7 Å². The summed E-state index contributed by atoms with van der Waals surface area (Å²) in [7, 11) is 0. The fourth-order valence-corrected chi connectivity index (χ4v) is 3.17. The minimum absolute atomic E-state index is 0.300. The number of hydrogen-bond donors (Lipinski definition) is 2. The molecule has 4 nitrogen and oxygen atoms in total. The van der Waals surface area contributed by atoms with Crippen LogP contribution >= 0.6 is 0 Å². The highest BCUT2D eigenvalue weighted by atomic mass is 16.2. The maximum absolute atomic E-state index is 12.6. The molecule has 3 aromatic carbocycles. The molecule has 3 N–H and O–H groups in total. The first-order valence-electron chi connectivity index (χ1n) is 8.60. The molecular formula is C22H22N2O2. The Morgan fingerprint density at radius 1 is 0.923 bits per heavy atom. The van der Waals surface area contributed by atoms with Gasteiger partial charge in [-0.15, -0.1) is 0 Å². The largest absolute Gasteiger partial charge is 0.368 e. The normalized spacial score (nSPS) is 11.9. The highest BCUT2D eigenvalue weighted by Gasteiger charge is 2.21. The van der Waals surface area contributed by atoms with Gasteiger partial charge in [0, 0.05) is 12.0 Å². The summed E-state index contributed by atoms with van der Waals surface area (Å²) < 4.78 is 0. The molecule has 0 heterocycles. The first kappa shape index (κ1) is 17.7. The Morgan fingerprint density at radius 3 is 2.23 bits per heavy atom. The molecule has 3 aromatic rings. The zero-order valence-electron chi connectivity index (χ0n) is 15.0. The predicted octanol–water partition coefficient (Wildman–Crippen LogP) is 3.28. The van der Waals surface area contributed by atoms with E-state index in [1.54, 1.807) is 6.07 Å². The van der Waals surface area contributed by atoms with Crippen molar-refractivity contribution in [3.63, 3.8) is 0 Å². The average Bonchev–Trinajstić information content (AvgIpc) is 2.63. The summed E-state index contributed by atoms with van der Waals surface area (Å²) in [6, 6.07) is 18.5. The van der Waals surface area contributed by atoms with Crippen molar-refractivity contribution >= 4 is 22.6 Å². The van der Waals surface area contributed by atoms with Gasteiger partial charge >= 0.3 is 0 Å². The van der Waals surface area contributed by atoms with Gasteiger partial charge in [-0.3, -0.25) is 9.59 Å². The Kier molecular flexibility index (Phi) is 5.03. The van der Waals surface area contributed by atoms with Crippen LogP contribution in [0.4, 0.5) is 0 Å². The van der Waals surface area contributed by atoms with E-state index < -0.39 is 11.9 Å². The molecule has 0 spiro atoms. The smallest absolute Gasteiger partial charge is 0.251 e. The highest BCUT2D eigenvalue weighted by Crippen LogP contribution is 2.17. The molecule has 0 aliphatic rings. The molecule has 26 heavy (non-hydrogen) atoms. The second-order valence-electron chi connectivity index (χ2n) is 6.56. The summed E-state index contributed by atoms with van der Waals surface area (Å²) in [6.07, 6.45) is 0.382. The van der Waals surface area contributed by atoms with E-state index in [4.69, 9.17) is 5.73 Å². The van der Waals surface area contributed by atoms with Gasteiger partial charge in [-0.25, -0.2) is 0 Å². The molecule has 0 saturated heterocycles. The number of carbonyl (C=O) groups excluding carboxylic acids is 2. The molecule has 0 aliphatic heterocycles. The first-order chi connectivity index (χ1) is 12.5. The van der Waals surface area contributed by atoms with Gasteiger partial charge in [0.1, 0.15) is 6.04 Å². The lowest BCUT2D eigenvalue weighted by atomic mass is 9.96. The van der Waals surface area contributed by atoms with Gasteiger partial charge in [0.25, 0.3) is 5.91 Å². The molecule has 0 saturated carbocycles. The van der Waals surface area contributed by atoms with E-state index in [1.165, 1.54) is 0 Å². The van der Waals surface area contributed by atoms with Crippen LogP contribution in [-0.2, 0) is 11.2 Å². The number of primary amides is 1. The lowest BCUT2D eigenvalue weighted by Gasteiger charge is -2.18. The number of nitrogens with two attached hydrogens (primary N) is 1. The summed E-state index contributed by atoms with van der Waals surface area (Å²) >= 11 is 0. The third kappa shape index (κ3) is 3.75. The van der Waals surface area contributed by atoms with E-state index in [0.29, 0.717) is 12.0 Å². The fourth-order valence-electron chi connectivity index (χ4n) is 3.17. The number of rotatable bonds is 5. The second-order valence-corrected chi connectivity index (χ2v) is 6.56. The number of fused-ring (bicyclic) bond motifs is 1. The Balaban J connectivity index is 1.83. The molecule has 4 heteroatoms. The summed E-state index contributed by atoms with van der Waals surface area (Å²) in [5, 5.41) is 4.83. The van der Waals surface area contributed by atoms with Gasteiger partial charge in [-0.05, 0) is 53.4 Å². The standard InChI is InChI=1S/C22H22N2O2/c1-14-6-5-7-15(2)19(14)13-20(21(23)25)24-22(26)18-11-10-16-8-3-4-9-17(16)12-18/h3-12,20H,13H2,1-2H3,(H2,23,25)(H,24,26)/t20-/m0/s1. The number of benzene rings is 3. The summed E-state index contributed by atoms with van der Waals surface area (Å²) in [5.74, 6) is -0.840. The van der Waals surface area contributed by atoms with Crippen molar-refractivity contribution < 1.29 is 9.59 Å². The van der Waals surface area contributed by atoms with E-state index >= 15 is 0 Å². The molecule has 132 valence electrons. The fraction of sp³-hybridized carbons (Fsp3) is 0.182. The molecule has 1 atom stereocenters. The van der Waals surface area contributed by atoms with Crippen molar-refractivity contribution in [2.24, 2.45) is 5.73 Å². The highest BCUT2D eigenvalue weighted by molar-refractivity contribution is 6.00. The molecule has 3 rings (SSSR count). The molecule has 0 aliphatic carbocycles. The van der Waals surface area contributed by atoms with Crippen LogP contribution in [0.1, 0.15) is 27.0 Å². The van der Waals surface area contributed by atoms with Crippen molar-refractivity contribution in [3.05, 3.63) is 82.9 Å². The van der Waals surface area contributed by atoms with Crippen molar-refractivity contribution in [2.75, 3.05) is 0 Å². The van der Waals surface area contributed by atoms with Gasteiger partial charge in [0.2, 0.25) is 5.91 Å². The third-order valence-electron chi connectivity index (χ3n) is 4.71. The second kappa shape index (κ2) is 7.40. The Bertz CT molecular complexity index is 959. The van der Waals surface area contributed by atoms with Crippen molar-refractivity contribution in [1.82, 2.24) is 5.32 Å². The topological polar surface area (TPSA) is 72.2 Å². The summed E-state index contributed by atoms with van der Waals surface area (Å²) in [6.45, 7) is 3.98. The number of nitrogens with one attached hydrogen (secondary N) is 1. The minimum atomic E-state index is -0.756. The minimum Gasteiger partial charge on any atom is -0.368 e. The predicted molar refractivity (Wildman–Crippen MR) is 104 cm³/mol. The Morgan fingerprint density at radius 2 is 1.58 bits per heavy atom. The lowest BCUT2D eigenvalue weighted by Crippen LogP contribution is -2.46. The van der Waals surface area contributed by atoms with E-state index in [-0.39, 0.29) is 5.91 Å². The number of aryl methyl sites for hydroxylation is 2. The monoisotopic (exact) mass is 346 g/mol. The summed E-state index contributed by atoms with van der Waals surface area (Å²) in [4.78, 5) is 24.6. The van der Waals surface area contributed by atoms with Crippen LogP contribution in [0.2, 0.25) is 0 Å². The SMILES string of the molecule is Cc1cccc(C)c1C[C@H](NC(=O)c1ccc2ccccc2c1)C(N)=O. The van der Waals surface area contributed by atoms with E-state index in [9.17, 15) is 9.59 Å². The third-order valence-corrected chi connectivity index (χ3v) is 4.71. The van der Waals surface area contributed by atoms with Gasteiger partial charge in [0.15, 0.2) is 0 Å². The number of amides is 2. The van der Waals surface area contributed by atoms with Gasteiger partial charge in [-0.1, -0.05) is 48.5 Å². The lowest BCUT2D eigenvalue weighted by molar-refractivity contribution is -0.119. The van der Waals surface area contributed by atoms with Crippen molar-refractivity contribution in [2.45, 2.75) is 26.3 Å². The molecular weight excluding hydrogens is 324 g/mol. The van der Waals surface area contributed by atoms with Crippen LogP contribution in [0.5, 0.6) is 0 Å². The zero-order chi connectivity index (χ0) is 18.7. The van der Waals surface area contributed by atoms with Gasteiger partial charge in [0.05, 0.1) is 0 Å². The van der Waals surface area contributed by atoms with E-state index in [0.717, 1.165) is 27.5 Å². The quantitative estimate of drug-likeness (QED) is 0.744. The molecule has 0 radical (unpaired) electrons. The van der Waals surface area contributed by atoms with Gasteiger partial charge < -0.3 is 11.1 Å². The van der Waals surface area contributed by atoms with Gasteiger partial charge in [-0.2, -0.15) is 0 Å².